The van der Waals surface area contributed by atoms with Crippen LogP contribution in [-0.4, -0.2) is 13.1 Å². The van der Waals surface area contributed by atoms with Gasteiger partial charge in [0.15, 0.2) is 0 Å². The van der Waals surface area contributed by atoms with E-state index in [-0.39, 0.29) is 0 Å². The molecular formula is C15H24ClN. The topological polar surface area (TPSA) is 12.0 Å². The molecule has 0 bridgehead atoms. The third-order valence-corrected chi connectivity index (χ3v) is 3.39. The third-order valence-electron chi connectivity index (χ3n) is 3.03. The summed E-state index contributed by atoms with van der Waals surface area (Å²) in [5, 5.41) is 4.38. The van der Waals surface area contributed by atoms with Crippen molar-refractivity contribution in [2.75, 3.05) is 13.1 Å². The zero-order valence-electron chi connectivity index (χ0n) is 11.2. The summed E-state index contributed by atoms with van der Waals surface area (Å²) in [7, 11) is 0. The van der Waals surface area contributed by atoms with Crippen LogP contribution in [0.5, 0.6) is 0 Å². The van der Waals surface area contributed by atoms with E-state index in [1.165, 1.54) is 24.0 Å². The fourth-order valence-corrected chi connectivity index (χ4v) is 2.21. The van der Waals surface area contributed by atoms with Crippen molar-refractivity contribution in [1.82, 2.24) is 5.32 Å². The van der Waals surface area contributed by atoms with E-state index in [0.29, 0.717) is 5.92 Å². The largest absolute Gasteiger partial charge is 0.316 e. The van der Waals surface area contributed by atoms with Gasteiger partial charge in [-0.1, -0.05) is 37.6 Å². The van der Waals surface area contributed by atoms with Crippen LogP contribution in [0.3, 0.4) is 0 Å². The molecule has 0 aliphatic carbocycles. The van der Waals surface area contributed by atoms with Gasteiger partial charge in [-0.3, -0.25) is 0 Å². The predicted octanol–water partition coefficient (Wildman–Crippen LogP) is 4.22. The normalized spacial score (nSPS) is 12.7. The lowest BCUT2D eigenvalue weighted by Gasteiger charge is -2.13. The van der Waals surface area contributed by atoms with Crippen LogP contribution in [0.15, 0.2) is 18.2 Å². The highest BCUT2D eigenvalue weighted by molar-refractivity contribution is 6.31. The summed E-state index contributed by atoms with van der Waals surface area (Å²) >= 11 is 6.22. The van der Waals surface area contributed by atoms with E-state index >= 15 is 0 Å². The lowest BCUT2D eigenvalue weighted by Crippen LogP contribution is -2.22. The monoisotopic (exact) mass is 253 g/mol. The Morgan fingerprint density at radius 2 is 2.12 bits per heavy atom. The zero-order valence-corrected chi connectivity index (χ0v) is 12.0. The maximum Gasteiger partial charge on any atom is 0.0440 e. The summed E-state index contributed by atoms with van der Waals surface area (Å²) in [5.74, 6) is 0.707. The van der Waals surface area contributed by atoms with Gasteiger partial charge in [0.1, 0.15) is 0 Å². The SMILES string of the molecule is CCCNCC(C)CCc1ccc(C)cc1Cl. The van der Waals surface area contributed by atoms with E-state index in [0.717, 1.165) is 24.5 Å². The smallest absolute Gasteiger partial charge is 0.0440 e. The number of hydrogen-bond acceptors (Lipinski definition) is 1. The van der Waals surface area contributed by atoms with E-state index in [2.05, 4.69) is 44.3 Å². The molecule has 17 heavy (non-hydrogen) atoms. The number of halogens is 1. The lowest BCUT2D eigenvalue weighted by atomic mass is 10.0. The first-order chi connectivity index (χ1) is 8.13. The van der Waals surface area contributed by atoms with Crippen LogP contribution in [-0.2, 0) is 6.42 Å². The first-order valence-corrected chi connectivity index (χ1v) is 6.97. The zero-order chi connectivity index (χ0) is 12.7. The average molecular weight is 254 g/mol. The van der Waals surface area contributed by atoms with Gasteiger partial charge in [-0.2, -0.15) is 0 Å². The molecule has 2 heteroatoms. The molecule has 96 valence electrons. The molecule has 1 aromatic carbocycles. The van der Waals surface area contributed by atoms with Crippen molar-refractivity contribution in [1.29, 1.82) is 0 Å². The van der Waals surface area contributed by atoms with Crippen LogP contribution in [0, 0.1) is 12.8 Å². The minimum atomic E-state index is 0.707. The molecule has 0 aliphatic rings. The van der Waals surface area contributed by atoms with Gasteiger partial charge in [0.25, 0.3) is 0 Å². The van der Waals surface area contributed by atoms with Crippen LogP contribution >= 0.6 is 11.6 Å². The number of hydrogen-bond donors (Lipinski definition) is 1. The molecule has 0 aliphatic heterocycles. The fourth-order valence-electron chi connectivity index (χ4n) is 1.88. The summed E-state index contributed by atoms with van der Waals surface area (Å²) in [4.78, 5) is 0. The Labute approximate surface area is 111 Å². The molecule has 1 atom stereocenters. The summed E-state index contributed by atoms with van der Waals surface area (Å²) in [6, 6.07) is 6.35. The van der Waals surface area contributed by atoms with E-state index in [1.807, 2.05) is 0 Å². The minimum absolute atomic E-state index is 0.707. The second-order valence-electron chi connectivity index (χ2n) is 4.94. The number of rotatable bonds is 7. The maximum atomic E-state index is 6.22. The standard InChI is InChI=1S/C15H24ClN/c1-4-9-17-11-13(3)6-8-14-7-5-12(2)10-15(14)16/h5,7,10,13,17H,4,6,8-9,11H2,1-3H3. The lowest BCUT2D eigenvalue weighted by molar-refractivity contribution is 0.481. The Morgan fingerprint density at radius 3 is 2.76 bits per heavy atom. The van der Waals surface area contributed by atoms with Gasteiger partial charge < -0.3 is 5.32 Å². The molecule has 1 nitrogen and oxygen atoms in total. The van der Waals surface area contributed by atoms with Crippen molar-refractivity contribution in [3.8, 4) is 0 Å². The minimum Gasteiger partial charge on any atom is -0.316 e. The highest BCUT2D eigenvalue weighted by Gasteiger charge is 2.05. The third kappa shape index (κ3) is 5.56. The molecule has 0 amide bonds. The summed E-state index contributed by atoms with van der Waals surface area (Å²) < 4.78 is 0. The molecule has 1 N–H and O–H groups in total. The van der Waals surface area contributed by atoms with E-state index < -0.39 is 0 Å². The number of nitrogens with one attached hydrogen (secondary N) is 1. The van der Waals surface area contributed by atoms with Crippen LogP contribution in [0.25, 0.3) is 0 Å². The molecule has 0 saturated heterocycles. The number of aryl methyl sites for hydroxylation is 2. The molecule has 0 spiro atoms. The van der Waals surface area contributed by atoms with Gasteiger partial charge in [-0.25, -0.2) is 0 Å². The van der Waals surface area contributed by atoms with Crippen LogP contribution in [0.2, 0.25) is 5.02 Å². The first-order valence-electron chi connectivity index (χ1n) is 6.59. The van der Waals surface area contributed by atoms with Crippen molar-refractivity contribution < 1.29 is 0 Å². The van der Waals surface area contributed by atoms with Crippen molar-refractivity contribution in [2.45, 2.75) is 40.0 Å². The molecule has 0 fully saturated rings. The molecule has 0 heterocycles. The molecular weight excluding hydrogens is 230 g/mol. The van der Waals surface area contributed by atoms with E-state index in [4.69, 9.17) is 11.6 Å². The summed E-state index contributed by atoms with van der Waals surface area (Å²) in [5.41, 5.74) is 2.51. The first kappa shape index (κ1) is 14.5. The summed E-state index contributed by atoms with van der Waals surface area (Å²) in [6.45, 7) is 8.80. The summed E-state index contributed by atoms with van der Waals surface area (Å²) in [6.07, 6.45) is 3.48. The Bertz CT molecular complexity index is 336. The van der Waals surface area contributed by atoms with Gasteiger partial charge in [0.05, 0.1) is 0 Å². The van der Waals surface area contributed by atoms with E-state index in [1.54, 1.807) is 0 Å². The van der Waals surface area contributed by atoms with E-state index in [9.17, 15) is 0 Å². The Balaban J connectivity index is 2.34. The maximum absolute atomic E-state index is 6.22. The Hall–Kier alpha value is -0.530. The quantitative estimate of drug-likeness (QED) is 0.718. The molecule has 1 unspecified atom stereocenters. The average Bonchev–Trinajstić information content (AvgIpc) is 2.28. The predicted molar refractivity (Wildman–Crippen MR) is 76.8 cm³/mol. The highest BCUT2D eigenvalue weighted by Crippen LogP contribution is 2.20. The Kier molecular flexibility index (Phi) is 6.61. The molecule has 0 aromatic heterocycles. The fraction of sp³-hybridized carbons (Fsp3) is 0.600. The van der Waals surface area contributed by atoms with Gasteiger partial charge in [-0.15, -0.1) is 0 Å². The molecule has 1 rings (SSSR count). The second kappa shape index (κ2) is 7.73. The molecule has 0 saturated carbocycles. The van der Waals surface area contributed by atoms with Crippen molar-refractivity contribution >= 4 is 11.6 Å². The van der Waals surface area contributed by atoms with Crippen LogP contribution < -0.4 is 5.32 Å². The van der Waals surface area contributed by atoms with Crippen molar-refractivity contribution in [3.05, 3.63) is 34.3 Å². The van der Waals surface area contributed by atoms with Crippen LogP contribution in [0.4, 0.5) is 0 Å². The van der Waals surface area contributed by atoms with Crippen molar-refractivity contribution in [2.24, 2.45) is 5.92 Å². The highest BCUT2D eigenvalue weighted by atomic mass is 35.5. The second-order valence-corrected chi connectivity index (χ2v) is 5.35. The van der Waals surface area contributed by atoms with Gasteiger partial charge in [0, 0.05) is 5.02 Å². The van der Waals surface area contributed by atoms with Gasteiger partial charge in [0.2, 0.25) is 0 Å². The number of benzene rings is 1. The molecule has 1 aromatic rings. The van der Waals surface area contributed by atoms with Gasteiger partial charge in [-0.05, 0) is 62.4 Å². The van der Waals surface area contributed by atoms with Gasteiger partial charge >= 0.3 is 0 Å². The Morgan fingerprint density at radius 1 is 1.35 bits per heavy atom. The van der Waals surface area contributed by atoms with Crippen molar-refractivity contribution in [3.63, 3.8) is 0 Å². The molecule has 0 radical (unpaired) electrons. The van der Waals surface area contributed by atoms with Crippen LogP contribution in [0.1, 0.15) is 37.8 Å².